The number of para-hydroxylation sites is 1. The van der Waals surface area contributed by atoms with Gasteiger partial charge in [0, 0.05) is 23.4 Å². The summed E-state index contributed by atoms with van der Waals surface area (Å²) in [5.41, 5.74) is 2.49. The number of nitrogens with one attached hydrogen (secondary N) is 1. The lowest BCUT2D eigenvalue weighted by Crippen LogP contribution is -2.52. The lowest BCUT2D eigenvalue weighted by Gasteiger charge is -2.29. The smallest absolute Gasteiger partial charge is 0.257 e. The van der Waals surface area contributed by atoms with E-state index in [0.717, 1.165) is 21.8 Å². The molecule has 4 rings (SSSR count). The zero-order valence-corrected chi connectivity index (χ0v) is 14.3. The van der Waals surface area contributed by atoms with Gasteiger partial charge in [0.15, 0.2) is 4.87 Å². The second-order valence-electron chi connectivity index (χ2n) is 6.07. The van der Waals surface area contributed by atoms with Gasteiger partial charge in [-0.15, -0.1) is 0 Å². The number of amides is 2. The number of carbonyl (C=O) groups excluding carboxylic acids is 2. The Bertz CT molecular complexity index is 828. The molecular weight excluding hydrogens is 326 g/mol. The lowest BCUT2D eigenvalue weighted by molar-refractivity contribution is -0.124. The van der Waals surface area contributed by atoms with E-state index in [4.69, 9.17) is 4.52 Å². The zero-order chi connectivity index (χ0) is 16.9. The highest BCUT2D eigenvalue weighted by Crippen LogP contribution is 2.55. The van der Waals surface area contributed by atoms with Crippen LogP contribution in [-0.2, 0) is 16.1 Å². The minimum atomic E-state index is -0.875. The maximum Gasteiger partial charge on any atom is 0.257 e. The van der Waals surface area contributed by atoms with Crippen molar-refractivity contribution in [2.24, 2.45) is 0 Å². The average Bonchev–Trinajstić information content (AvgIpc) is 3.19. The topological polar surface area (TPSA) is 75.4 Å². The van der Waals surface area contributed by atoms with Crippen molar-refractivity contribution in [3.05, 3.63) is 41.3 Å². The van der Waals surface area contributed by atoms with Gasteiger partial charge in [-0.05, 0) is 32.4 Å². The van der Waals surface area contributed by atoms with E-state index in [1.165, 1.54) is 11.8 Å². The molecular formula is C17H17N3O3S. The molecule has 0 aliphatic carbocycles. The Kier molecular flexibility index (Phi) is 3.42. The molecule has 6 nitrogen and oxygen atoms in total. The molecule has 7 heteroatoms. The Morgan fingerprint density at radius 3 is 2.96 bits per heavy atom. The Balaban J connectivity index is 1.61. The molecule has 2 aliphatic heterocycles. The molecule has 2 amide bonds. The number of thioether (sulfide) groups is 1. The fourth-order valence-corrected chi connectivity index (χ4v) is 4.79. The van der Waals surface area contributed by atoms with Gasteiger partial charge in [-0.3, -0.25) is 14.5 Å². The fourth-order valence-electron chi connectivity index (χ4n) is 3.36. The van der Waals surface area contributed by atoms with Crippen molar-refractivity contribution in [1.82, 2.24) is 10.5 Å². The van der Waals surface area contributed by atoms with Gasteiger partial charge in [-0.25, -0.2) is 0 Å². The van der Waals surface area contributed by atoms with Crippen molar-refractivity contribution >= 4 is 29.3 Å². The third-order valence-corrected chi connectivity index (χ3v) is 6.11. The van der Waals surface area contributed by atoms with Gasteiger partial charge in [-0.2, -0.15) is 0 Å². The molecule has 3 heterocycles. The number of rotatable bonds is 3. The van der Waals surface area contributed by atoms with E-state index in [1.807, 2.05) is 38.1 Å². The van der Waals surface area contributed by atoms with Crippen molar-refractivity contribution in [2.75, 3.05) is 4.90 Å². The van der Waals surface area contributed by atoms with E-state index in [1.54, 1.807) is 4.90 Å². The number of benzene rings is 1. The maximum absolute atomic E-state index is 13.0. The van der Waals surface area contributed by atoms with Crippen LogP contribution in [0.3, 0.4) is 0 Å². The summed E-state index contributed by atoms with van der Waals surface area (Å²) in [6, 6.07) is 7.67. The van der Waals surface area contributed by atoms with Gasteiger partial charge >= 0.3 is 0 Å². The molecule has 1 aromatic heterocycles. The van der Waals surface area contributed by atoms with E-state index in [2.05, 4.69) is 10.5 Å². The SMILES string of the molecule is Cc1noc(C)c1CNC(=O)C12CCC(=O)N1c1ccccc1S2. The highest BCUT2D eigenvalue weighted by Gasteiger charge is 2.57. The van der Waals surface area contributed by atoms with Crippen LogP contribution in [0.15, 0.2) is 33.7 Å². The predicted octanol–water partition coefficient (Wildman–Crippen LogP) is 2.54. The number of aromatic nitrogens is 1. The van der Waals surface area contributed by atoms with E-state index in [-0.39, 0.29) is 11.8 Å². The molecule has 0 bridgehead atoms. The van der Waals surface area contributed by atoms with Gasteiger partial charge < -0.3 is 9.84 Å². The van der Waals surface area contributed by atoms with Crippen LogP contribution in [-0.4, -0.2) is 21.8 Å². The van der Waals surface area contributed by atoms with Crippen LogP contribution in [0.2, 0.25) is 0 Å². The van der Waals surface area contributed by atoms with E-state index >= 15 is 0 Å². The van der Waals surface area contributed by atoms with Crippen LogP contribution >= 0.6 is 11.8 Å². The van der Waals surface area contributed by atoms with Gasteiger partial charge in [0.1, 0.15) is 5.76 Å². The Morgan fingerprint density at radius 1 is 1.42 bits per heavy atom. The molecule has 1 unspecified atom stereocenters. The molecule has 2 aromatic rings. The Morgan fingerprint density at radius 2 is 2.21 bits per heavy atom. The number of anilines is 1. The van der Waals surface area contributed by atoms with E-state index in [9.17, 15) is 9.59 Å². The second kappa shape index (κ2) is 5.37. The van der Waals surface area contributed by atoms with Crippen molar-refractivity contribution in [2.45, 2.75) is 43.0 Å². The Labute approximate surface area is 143 Å². The van der Waals surface area contributed by atoms with Crippen LogP contribution < -0.4 is 10.2 Å². The number of fused-ring (bicyclic) bond motifs is 3. The molecule has 24 heavy (non-hydrogen) atoms. The number of carbonyl (C=O) groups is 2. The van der Waals surface area contributed by atoms with Gasteiger partial charge in [0.2, 0.25) is 5.91 Å². The summed E-state index contributed by atoms with van der Waals surface area (Å²) in [5.74, 6) is 0.557. The second-order valence-corrected chi connectivity index (χ2v) is 7.39. The molecule has 1 aromatic carbocycles. The zero-order valence-electron chi connectivity index (χ0n) is 13.5. The molecule has 124 valence electrons. The van der Waals surface area contributed by atoms with Crippen LogP contribution in [0.1, 0.15) is 29.9 Å². The van der Waals surface area contributed by atoms with Crippen LogP contribution in [0, 0.1) is 13.8 Å². The number of hydrogen-bond acceptors (Lipinski definition) is 5. The molecule has 1 saturated heterocycles. The predicted molar refractivity (Wildman–Crippen MR) is 89.6 cm³/mol. The highest BCUT2D eigenvalue weighted by molar-refractivity contribution is 8.02. The van der Waals surface area contributed by atoms with Crippen molar-refractivity contribution in [3.8, 4) is 0 Å². The standard InChI is InChI=1S/C17H17N3O3S/c1-10-12(11(2)23-19-10)9-18-16(22)17-8-7-15(21)20(17)13-5-3-4-6-14(13)24-17/h3-6H,7-9H2,1-2H3,(H,18,22). The minimum absolute atomic E-state index is 0.0000566. The largest absolute Gasteiger partial charge is 0.361 e. The summed E-state index contributed by atoms with van der Waals surface area (Å²) in [4.78, 5) is 27.1. The fraction of sp³-hybridized carbons (Fsp3) is 0.353. The lowest BCUT2D eigenvalue weighted by atomic mass is 10.1. The van der Waals surface area contributed by atoms with Gasteiger partial charge in [0.05, 0.1) is 11.4 Å². The first-order valence-electron chi connectivity index (χ1n) is 7.84. The molecule has 1 atom stereocenters. The highest BCUT2D eigenvalue weighted by atomic mass is 32.2. The van der Waals surface area contributed by atoms with Crippen molar-refractivity contribution < 1.29 is 14.1 Å². The summed E-state index contributed by atoms with van der Waals surface area (Å²) < 4.78 is 5.13. The first kappa shape index (κ1) is 15.3. The van der Waals surface area contributed by atoms with E-state index in [0.29, 0.717) is 25.1 Å². The molecule has 1 N–H and O–H groups in total. The first-order chi connectivity index (χ1) is 11.5. The number of hydrogen-bond donors (Lipinski definition) is 1. The third kappa shape index (κ3) is 2.07. The molecule has 0 radical (unpaired) electrons. The van der Waals surface area contributed by atoms with E-state index < -0.39 is 4.87 Å². The van der Waals surface area contributed by atoms with Crippen LogP contribution in [0.5, 0.6) is 0 Å². The Hall–Kier alpha value is -2.28. The number of nitrogens with zero attached hydrogens (tertiary/aromatic N) is 2. The summed E-state index contributed by atoms with van der Waals surface area (Å²) in [6.45, 7) is 4.02. The molecule has 2 aliphatic rings. The average molecular weight is 343 g/mol. The molecule has 0 spiro atoms. The summed E-state index contributed by atoms with van der Waals surface area (Å²) in [7, 11) is 0. The van der Waals surface area contributed by atoms with Crippen molar-refractivity contribution in [1.29, 1.82) is 0 Å². The minimum Gasteiger partial charge on any atom is -0.361 e. The third-order valence-electron chi connectivity index (χ3n) is 4.64. The maximum atomic E-state index is 13.0. The van der Waals surface area contributed by atoms with Gasteiger partial charge in [0.25, 0.3) is 5.91 Å². The van der Waals surface area contributed by atoms with Crippen LogP contribution in [0.4, 0.5) is 5.69 Å². The van der Waals surface area contributed by atoms with Gasteiger partial charge in [-0.1, -0.05) is 29.1 Å². The number of aryl methyl sites for hydroxylation is 2. The summed E-state index contributed by atoms with van der Waals surface area (Å²) in [6.07, 6.45) is 0.901. The quantitative estimate of drug-likeness (QED) is 0.927. The molecule has 1 fully saturated rings. The summed E-state index contributed by atoms with van der Waals surface area (Å²) in [5, 5.41) is 6.88. The monoisotopic (exact) mass is 343 g/mol. The normalized spacial score (nSPS) is 21.8. The first-order valence-corrected chi connectivity index (χ1v) is 8.66. The van der Waals surface area contributed by atoms with Crippen molar-refractivity contribution in [3.63, 3.8) is 0 Å². The summed E-state index contributed by atoms with van der Waals surface area (Å²) >= 11 is 1.47. The van der Waals surface area contributed by atoms with Crippen LogP contribution in [0.25, 0.3) is 0 Å². The molecule has 0 saturated carbocycles.